The maximum Gasteiger partial charge on any atom is 0.220 e. The molecule has 19 nitrogen and oxygen atoms in total. The van der Waals surface area contributed by atoms with Crippen molar-refractivity contribution in [3.63, 3.8) is 0 Å². The Bertz CT molecular complexity index is 1410. The van der Waals surface area contributed by atoms with Crippen molar-refractivity contribution in [2.24, 2.45) is 0 Å². The maximum atomic E-state index is 13.3. The molecule has 0 spiro atoms. The molecule has 0 aliphatic carbocycles. The highest BCUT2D eigenvalue weighted by Gasteiger charge is 2.53. The predicted molar refractivity (Wildman–Crippen MR) is 277 cm³/mol. The summed E-state index contributed by atoms with van der Waals surface area (Å²) in [6.07, 6.45) is 10.5. The SMILES string of the molecule is CCCCCCCCCCCCC/C=C/C(O)C(COC1OC(CO)C(OC2OC(CO)C(OC3OC(CO)C(O)C(O)C3O)C(O)C2O)C(O)C1O)NC(=O)CCCCCCCCCCCCCCCCCC. The quantitative estimate of drug-likeness (QED) is 0.0301. The number of unbranched alkanes of at least 4 members (excludes halogenated alkanes) is 26. The summed E-state index contributed by atoms with van der Waals surface area (Å²) in [6.45, 7) is 1.71. The molecule has 0 saturated carbocycles. The summed E-state index contributed by atoms with van der Waals surface area (Å²) in [5, 5.41) is 120. The lowest BCUT2D eigenvalue weighted by molar-refractivity contribution is -0.379. The number of nitrogens with one attached hydrogen (secondary N) is 1. The third-order valence-corrected chi connectivity index (χ3v) is 14.8. The number of amides is 1. The van der Waals surface area contributed by atoms with Gasteiger partial charge in [-0.3, -0.25) is 4.79 Å². The van der Waals surface area contributed by atoms with Crippen LogP contribution in [0.15, 0.2) is 12.2 Å². The zero-order chi connectivity index (χ0) is 54.1. The second-order valence-corrected chi connectivity index (χ2v) is 21.1. The molecule has 3 aliphatic rings. The number of carbonyl (C=O) groups is 1. The van der Waals surface area contributed by atoms with Gasteiger partial charge in [-0.1, -0.05) is 187 Å². The van der Waals surface area contributed by atoms with Crippen LogP contribution >= 0.6 is 0 Å². The minimum absolute atomic E-state index is 0.249. The van der Waals surface area contributed by atoms with Crippen molar-refractivity contribution in [1.29, 1.82) is 0 Å². The number of carbonyl (C=O) groups excluding carboxylic acids is 1. The number of ether oxygens (including phenoxy) is 6. The number of allylic oxidation sites excluding steroid dienone is 1. The van der Waals surface area contributed by atoms with Gasteiger partial charge in [0.1, 0.15) is 73.2 Å². The number of aliphatic hydroxyl groups is 11. The van der Waals surface area contributed by atoms with Gasteiger partial charge in [-0.25, -0.2) is 0 Å². The van der Waals surface area contributed by atoms with E-state index in [1.54, 1.807) is 6.08 Å². The highest BCUT2D eigenvalue weighted by Crippen LogP contribution is 2.33. The number of hydrogen-bond donors (Lipinski definition) is 12. The average molecular weight is 1070 g/mol. The van der Waals surface area contributed by atoms with Gasteiger partial charge in [0, 0.05) is 6.42 Å². The number of aliphatic hydroxyl groups excluding tert-OH is 11. The molecule has 3 saturated heterocycles. The van der Waals surface area contributed by atoms with Crippen LogP contribution in [0.3, 0.4) is 0 Å². The first-order valence-electron chi connectivity index (χ1n) is 28.9. The van der Waals surface area contributed by atoms with Crippen LogP contribution in [-0.4, -0.2) is 193 Å². The molecular formula is C55H103NO18. The Morgan fingerprint density at radius 3 is 1.27 bits per heavy atom. The van der Waals surface area contributed by atoms with Crippen LogP contribution in [0, 0.1) is 0 Å². The Balaban J connectivity index is 1.52. The summed E-state index contributed by atoms with van der Waals surface area (Å²) in [7, 11) is 0. The van der Waals surface area contributed by atoms with E-state index < -0.39 is 124 Å². The van der Waals surface area contributed by atoms with Gasteiger partial charge in [0.2, 0.25) is 5.91 Å². The molecule has 74 heavy (non-hydrogen) atoms. The van der Waals surface area contributed by atoms with Crippen LogP contribution in [0.2, 0.25) is 0 Å². The highest BCUT2D eigenvalue weighted by atomic mass is 16.8. The van der Waals surface area contributed by atoms with Gasteiger partial charge in [0.15, 0.2) is 18.9 Å². The van der Waals surface area contributed by atoms with Crippen molar-refractivity contribution >= 4 is 5.91 Å². The van der Waals surface area contributed by atoms with Crippen molar-refractivity contribution in [2.75, 3.05) is 26.4 Å². The van der Waals surface area contributed by atoms with Crippen LogP contribution in [0.5, 0.6) is 0 Å². The van der Waals surface area contributed by atoms with Crippen molar-refractivity contribution < 1.29 is 89.4 Å². The molecule has 0 radical (unpaired) electrons. The smallest absolute Gasteiger partial charge is 0.220 e. The molecule has 436 valence electrons. The van der Waals surface area contributed by atoms with Gasteiger partial charge in [-0.2, -0.15) is 0 Å². The molecule has 12 N–H and O–H groups in total. The lowest BCUT2D eigenvalue weighted by atomic mass is 9.96. The van der Waals surface area contributed by atoms with Crippen LogP contribution in [0.4, 0.5) is 0 Å². The molecule has 3 rings (SSSR count). The van der Waals surface area contributed by atoms with Gasteiger partial charge in [0.25, 0.3) is 0 Å². The lowest BCUT2D eigenvalue weighted by Crippen LogP contribution is -2.66. The highest BCUT2D eigenvalue weighted by molar-refractivity contribution is 5.76. The average Bonchev–Trinajstić information content (AvgIpc) is 3.40. The summed E-state index contributed by atoms with van der Waals surface area (Å²) in [5.74, 6) is -0.274. The number of hydrogen-bond acceptors (Lipinski definition) is 18. The summed E-state index contributed by atoms with van der Waals surface area (Å²) >= 11 is 0. The molecule has 17 unspecified atom stereocenters. The fourth-order valence-electron chi connectivity index (χ4n) is 10.0. The van der Waals surface area contributed by atoms with Crippen LogP contribution in [-0.2, 0) is 33.2 Å². The van der Waals surface area contributed by atoms with Gasteiger partial charge in [0.05, 0.1) is 38.6 Å². The summed E-state index contributed by atoms with van der Waals surface area (Å²) in [5.41, 5.74) is 0. The van der Waals surface area contributed by atoms with Crippen LogP contribution < -0.4 is 5.32 Å². The summed E-state index contributed by atoms with van der Waals surface area (Å²) < 4.78 is 34.2. The molecule has 3 fully saturated rings. The van der Waals surface area contributed by atoms with E-state index in [2.05, 4.69) is 19.2 Å². The Kier molecular flexibility index (Phi) is 35.9. The first kappa shape index (κ1) is 66.8. The van der Waals surface area contributed by atoms with E-state index in [4.69, 9.17) is 28.4 Å². The minimum atomic E-state index is -1.97. The third-order valence-electron chi connectivity index (χ3n) is 14.8. The lowest BCUT2D eigenvalue weighted by Gasteiger charge is -2.48. The minimum Gasteiger partial charge on any atom is -0.394 e. The first-order valence-corrected chi connectivity index (χ1v) is 28.9. The van der Waals surface area contributed by atoms with Crippen LogP contribution in [0.25, 0.3) is 0 Å². The van der Waals surface area contributed by atoms with E-state index in [0.717, 1.165) is 44.9 Å². The topological polar surface area (TPSA) is 307 Å². The zero-order valence-corrected chi connectivity index (χ0v) is 45.1. The van der Waals surface area contributed by atoms with E-state index >= 15 is 0 Å². The third kappa shape index (κ3) is 24.3. The predicted octanol–water partition coefficient (Wildman–Crippen LogP) is 4.21. The number of rotatable bonds is 42. The maximum absolute atomic E-state index is 13.3. The van der Waals surface area contributed by atoms with Gasteiger partial charge in [-0.05, 0) is 19.3 Å². The second kappa shape index (κ2) is 39.8. The van der Waals surface area contributed by atoms with E-state index in [9.17, 15) is 61.0 Å². The van der Waals surface area contributed by atoms with Crippen molar-refractivity contribution in [3.8, 4) is 0 Å². The molecule has 19 heteroatoms. The summed E-state index contributed by atoms with van der Waals surface area (Å²) in [4.78, 5) is 13.3. The van der Waals surface area contributed by atoms with E-state index in [-0.39, 0.29) is 18.9 Å². The van der Waals surface area contributed by atoms with E-state index in [1.807, 2.05) is 6.08 Å². The normalized spacial score (nSPS) is 31.5. The standard InChI is InChI=1S/C55H103NO18/c1-3-5-7-9-11-13-15-17-18-19-21-23-25-27-29-31-33-43(61)56-38(39(60)32-30-28-26-24-22-20-16-14-12-10-8-6-4-2)37-69-53-49(67)46(64)51(41(35-58)71-53)74-55-50(68)47(65)52(42(36-59)72-55)73-54-48(66)45(63)44(62)40(34-57)70-54/h30,32,38-42,44-55,57-60,62-68H,3-29,31,33-37H2,1-2H3,(H,56,61)/b32-30+. The van der Waals surface area contributed by atoms with E-state index in [0.29, 0.717) is 6.42 Å². The molecule has 17 atom stereocenters. The Hall–Kier alpha value is -1.47. The van der Waals surface area contributed by atoms with Crippen molar-refractivity contribution in [3.05, 3.63) is 12.2 Å². The Labute approximate surface area is 442 Å². The molecule has 0 bridgehead atoms. The molecule has 1 amide bonds. The molecule has 3 aliphatic heterocycles. The molecule has 3 heterocycles. The van der Waals surface area contributed by atoms with Crippen molar-refractivity contribution in [2.45, 2.75) is 304 Å². The molecule has 0 aromatic heterocycles. The Morgan fingerprint density at radius 1 is 0.473 bits per heavy atom. The largest absolute Gasteiger partial charge is 0.394 e. The van der Waals surface area contributed by atoms with Gasteiger partial charge >= 0.3 is 0 Å². The fraction of sp³-hybridized carbons (Fsp3) is 0.945. The first-order chi connectivity index (χ1) is 35.8. The fourth-order valence-corrected chi connectivity index (χ4v) is 10.0. The molecular weight excluding hydrogens is 963 g/mol. The van der Waals surface area contributed by atoms with Crippen molar-refractivity contribution in [1.82, 2.24) is 5.32 Å². The van der Waals surface area contributed by atoms with Gasteiger partial charge in [-0.15, -0.1) is 0 Å². The van der Waals surface area contributed by atoms with Crippen LogP contribution in [0.1, 0.15) is 200 Å². The zero-order valence-electron chi connectivity index (χ0n) is 45.1. The van der Waals surface area contributed by atoms with E-state index in [1.165, 1.54) is 128 Å². The monoisotopic (exact) mass is 1070 g/mol. The summed E-state index contributed by atoms with van der Waals surface area (Å²) in [6, 6.07) is -0.965. The molecule has 0 aromatic carbocycles. The van der Waals surface area contributed by atoms with Gasteiger partial charge < -0.3 is 89.9 Å². The second-order valence-electron chi connectivity index (χ2n) is 21.1. The molecule has 0 aromatic rings. The Morgan fingerprint density at radius 2 is 0.838 bits per heavy atom.